The first kappa shape index (κ1) is 18.6. The van der Waals surface area contributed by atoms with Gasteiger partial charge in [-0.15, -0.1) is 0 Å². The number of benzene rings is 2. The number of fused-ring (bicyclic) bond motifs is 1. The zero-order chi connectivity index (χ0) is 20.5. The molecule has 146 valence electrons. The van der Waals surface area contributed by atoms with Crippen LogP contribution in [0.2, 0.25) is 0 Å². The summed E-state index contributed by atoms with van der Waals surface area (Å²) in [5.41, 5.74) is 4.02. The quantitative estimate of drug-likeness (QED) is 0.412. The molecule has 4 aromatic rings. The van der Waals surface area contributed by atoms with Gasteiger partial charge in [-0.3, -0.25) is 9.59 Å². The number of rotatable bonds is 5. The van der Waals surface area contributed by atoms with Gasteiger partial charge >= 0.3 is 0 Å². The SMILES string of the molecule is CCc1nc2cc(NC(=O)C(=O)c3c(C)nn(-c4ccccc4)c3C)ccc2o1. The molecule has 7 heteroatoms. The summed E-state index contributed by atoms with van der Waals surface area (Å²) >= 11 is 0. The van der Waals surface area contributed by atoms with Crippen molar-refractivity contribution in [3.63, 3.8) is 0 Å². The Labute approximate surface area is 167 Å². The number of Topliss-reactive ketones (excluding diaryl/α,β-unsaturated/α-hetero) is 1. The van der Waals surface area contributed by atoms with Gasteiger partial charge in [0.1, 0.15) is 5.52 Å². The normalized spacial score (nSPS) is 11.0. The first-order valence-corrected chi connectivity index (χ1v) is 9.34. The van der Waals surface area contributed by atoms with E-state index in [4.69, 9.17) is 4.42 Å². The summed E-state index contributed by atoms with van der Waals surface area (Å²) in [5, 5.41) is 7.09. The molecule has 0 spiro atoms. The van der Waals surface area contributed by atoms with Crippen LogP contribution >= 0.6 is 0 Å². The van der Waals surface area contributed by atoms with E-state index in [9.17, 15) is 9.59 Å². The average Bonchev–Trinajstić information content (AvgIpc) is 3.27. The molecule has 29 heavy (non-hydrogen) atoms. The number of aryl methyl sites for hydroxylation is 2. The van der Waals surface area contributed by atoms with Crippen molar-refractivity contribution in [2.45, 2.75) is 27.2 Å². The minimum absolute atomic E-state index is 0.308. The van der Waals surface area contributed by atoms with Gasteiger partial charge in [0, 0.05) is 12.1 Å². The molecule has 0 saturated heterocycles. The second-order valence-corrected chi connectivity index (χ2v) is 6.72. The first-order chi connectivity index (χ1) is 14.0. The Kier molecular flexibility index (Phi) is 4.72. The summed E-state index contributed by atoms with van der Waals surface area (Å²) in [7, 11) is 0. The molecule has 0 bridgehead atoms. The van der Waals surface area contributed by atoms with Crippen LogP contribution < -0.4 is 5.32 Å². The largest absolute Gasteiger partial charge is 0.441 e. The van der Waals surface area contributed by atoms with E-state index in [1.54, 1.807) is 36.7 Å². The van der Waals surface area contributed by atoms with Crippen LogP contribution in [-0.4, -0.2) is 26.5 Å². The second kappa shape index (κ2) is 7.35. The van der Waals surface area contributed by atoms with Crippen molar-refractivity contribution in [1.82, 2.24) is 14.8 Å². The van der Waals surface area contributed by atoms with Gasteiger partial charge in [0.25, 0.3) is 11.7 Å². The molecule has 0 saturated carbocycles. The zero-order valence-corrected chi connectivity index (χ0v) is 16.4. The summed E-state index contributed by atoms with van der Waals surface area (Å²) in [4.78, 5) is 29.8. The molecular weight excluding hydrogens is 368 g/mol. The van der Waals surface area contributed by atoms with Crippen molar-refractivity contribution < 1.29 is 14.0 Å². The van der Waals surface area contributed by atoms with Crippen LogP contribution in [0.4, 0.5) is 5.69 Å². The van der Waals surface area contributed by atoms with Gasteiger partial charge in [-0.2, -0.15) is 5.10 Å². The van der Waals surface area contributed by atoms with Crippen LogP contribution in [0.15, 0.2) is 52.9 Å². The number of carbonyl (C=O) groups is 2. The molecule has 2 heterocycles. The predicted molar refractivity (Wildman–Crippen MR) is 109 cm³/mol. The number of oxazole rings is 1. The third kappa shape index (κ3) is 3.42. The molecule has 0 aliphatic heterocycles. The number of hydrogen-bond acceptors (Lipinski definition) is 5. The molecule has 2 aromatic carbocycles. The van der Waals surface area contributed by atoms with Gasteiger partial charge in [-0.25, -0.2) is 9.67 Å². The van der Waals surface area contributed by atoms with Crippen molar-refractivity contribution in [3.05, 3.63) is 71.4 Å². The van der Waals surface area contributed by atoms with E-state index < -0.39 is 11.7 Å². The minimum atomic E-state index is -0.720. The summed E-state index contributed by atoms with van der Waals surface area (Å²) < 4.78 is 7.24. The summed E-state index contributed by atoms with van der Waals surface area (Å²) in [6, 6.07) is 14.6. The highest BCUT2D eigenvalue weighted by Crippen LogP contribution is 2.22. The molecule has 1 amide bonds. The summed E-state index contributed by atoms with van der Waals surface area (Å²) in [6.45, 7) is 5.45. The van der Waals surface area contributed by atoms with Crippen molar-refractivity contribution in [3.8, 4) is 5.69 Å². The monoisotopic (exact) mass is 388 g/mol. The maximum Gasteiger partial charge on any atom is 0.296 e. The Hall–Kier alpha value is -3.74. The highest BCUT2D eigenvalue weighted by atomic mass is 16.3. The average molecular weight is 388 g/mol. The third-order valence-electron chi connectivity index (χ3n) is 4.72. The lowest BCUT2D eigenvalue weighted by Crippen LogP contribution is -2.24. The van der Waals surface area contributed by atoms with Crippen molar-refractivity contribution in [2.75, 3.05) is 5.32 Å². The van der Waals surface area contributed by atoms with Gasteiger partial charge in [0.05, 0.1) is 22.6 Å². The molecular formula is C22H20N4O3. The summed E-state index contributed by atoms with van der Waals surface area (Å²) in [6.07, 6.45) is 0.679. The number of aromatic nitrogens is 3. The maximum atomic E-state index is 12.8. The van der Waals surface area contributed by atoms with Crippen LogP contribution in [0.25, 0.3) is 16.8 Å². The fourth-order valence-electron chi connectivity index (χ4n) is 3.30. The molecule has 2 aromatic heterocycles. The Morgan fingerprint density at radius 2 is 1.86 bits per heavy atom. The standard InChI is InChI=1S/C22H20N4O3/c1-4-19-24-17-12-15(10-11-18(17)29-19)23-22(28)21(27)20-13(2)25-26(14(20)3)16-8-6-5-7-9-16/h5-12H,4H2,1-3H3,(H,23,28). The van der Waals surface area contributed by atoms with Crippen LogP contribution in [-0.2, 0) is 11.2 Å². The van der Waals surface area contributed by atoms with Crippen LogP contribution in [0.1, 0.15) is 34.6 Å². The van der Waals surface area contributed by atoms with E-state index >= 15 is 0 Å². The number of carbonyl (C=O) groups excluding carboxylic acids is 2. The van der Waals surface area contributed by atoms with Gasteiger partial charge in [-0.1, -0.05) is 25.1 Å². The van der Waals surface area contributed by atoms with Gasteiger partial charge in [0.15, 0.2) is 11.5 Å². The molecule has 0 aliphatic rings. The maximum absolute atomic E-state index is 12.8. The Balaban J connectivity index is 1.60. The van der Waals surface area contributed by atoms with E-state index in [1.165, 1.54) is 0 Å². The lowest BCUT2D eigenvalue weighted by atomic mass is 10.1. The molecule has 0 atom stereocenters. The second-order valence-electron chi connectivity index (χ2n) is 6.72. The van der Waals surface area contributed by atoms with Crippen molar-refractivity contribution in [2.24, 2.45) is 0 Å². The van der Waals surface area contributed by atoms with E-state index in [0.29, 0.717) is 46.0 Å². The fraction of sp³-hybridized carbons (Fsp3) is 0.182. The Morgan fingerprint density at radius 3 is 2.59 bits per heavy atom. The highest BCUT2D eigenvalue weighted by molar-refractivity contribution is 6.47. The van der Waals surface area contributed by atoms with E-state index in [2.05, 4.69) is 15.4 Å². The number of hydrogen-bond donors (Lipinski definition) is 1. The molecule has 0 unspecified atom stereocenters. The highest BCUT2D eigenvalue weighted by Gasteiger charge is 2.25. The molecule has 1 N–H and O–H groups in total. The number of ketones is 1. The fourth-order valence-corrected chi connectivity index (χ4v) is 3.30. The molecule has 0 aliphatic carbocycles. The Morgan fingerprint density at radius 1 is 1.10 bits per heavy atom. The van der Waals surface area contributed by atoms with E-state index in [0.717, 1.165) is 5.69 Å². The number of para-hydroxylation sites is 1. The van der Waals surface area contributed by atoms with Gasteiger partial charge in [0.2, 0.25) is 0 Å². The molecule has 7 nitrogen and oxygen atoms in total. The first-order valence-electron chi connectivity index (χ1n) is 9.34. The van der Waals surface area contributed by atoms with Gasteiger partial charge in [-0.05, 0) is 44.2 Å². The smallest absolute Gasteiger partial charge is 0.296 e. The van der Waals surface area contributed by atoms with E-state index in [1.807, 2.05) is 37.3 Å². The van der Waals surface area contributed by atoms with Crippen LogP contribution in [0.3, 0.4) is 0 Å². The lowest BCUT2D eigenvalue weighted by Gasteiger charge is -2.06. The van der Waals surface area contributed by atoms with E-state index in [-0.39, 0.29) is 0 Å². The molecule has 0 radical (unpaired) electrons. The van der Waals surface area contributed by atoms with Crippen LogP contribution in [0, 0.1) is 13.8 Å². The van der Waals surface area contributed by atoms with Crippen LogP contribution in [0.5, 0.6) is 0 Å². The molecule has 4 rings (SSSR count). The van der Waals surface area contributed by atoms with Crippen molar-refractivity contribution >= 4 is 28.5 Å². The number of amides is 1. The number of nitrogens with zero attached hydrogens (tertiary/aromatic N) is 3. The zero-order valence-electron chi connectivity index (χ0n) is 16.4. The van der Waals surface area contributed by atoms with Gasteiger partial charge < -0.3 is 9.73 Å². The minimum Gasteiger partial charge on any atom is -0.441 e. The third-order valence-corrected chi connectivity index (χ3v) is 4.72. The molecule has 0 fully saturated rings. The van der Waals surface area contributed by atoms with Crippen molar-refractivity contribution in [1.29, 1.82) is 0 Å². The number of anilines is 1. The Bertz CT molecular complexity index is 1220. The lowest BCUT2D eigenvalue weighted by molar-refractivity contribution is -0.112. The predicted octanol–water partition coefficient (Wildman–Crippen LogP) is 4.01. The topological polar surface area (TPSA) is 90.0 Å². The number of nitrogens with one attached hydrogen (secondary N) is 1. The summed E-state index contributed by atoms with van der Waals surface area (Å²) in [5.74, 6) is -0.724.